The first-order chi connectivity index (χ1) is 9.88. The standard InChI is InChI=1S/C19H22O/c20-16-19-14-8-13-18(15-19)12-5-2-1-4-9-17-10-6-3-7-11-17/h3,6-8,10-11,13-16H,1-2,4-5,9,12H2. The van der Waals surface area contributed by atoms with Gasteiger partial charge >= 0.3 is 0 Å². The van der Waals surface area contributed by atoms with E-state index in [1.807, 2.05) is 18.2 Å². The summed E-state index contributed by atoms with van der Waals surface area (Å²) in [6.07, 6.45) is 8.19. The molecular weight excluding hydrogens is 244 g/mol. The minimum absolute atomic E-state index is 0.784. The van der Waals surface area contributed by atoms with E-state index in [4.69, 9.17) is 0 Å². The Bertz CT molecular complexity index is 516. The molecule has 0 unspecified atom stereocenters. The van der Waals surface area contributed by atoms with Crippen molar-refractivity contribution in [1.29, 1.82) is 0 Å². The summed E-state index contributed by atoms with van der Waals surface area (Å²) >= 11 is 0. The Morgan fingerprint density at radius 2 is 1.35 bits per heavy atom. The highest BCUT2D eigenvalue weighted by Crippen LogP contribution is 2.11. The van der Waals surface area contributed by atoms with Crippen LogP contribution in [0.15, 0.2) is 54.6 Å². The van der Waals surface area contributed by atoms with Crippen LogP contribution < -0.4 is 0 Å². The van der Waals surface area contributed by atoms with E-state index in [-0.39, 0.29) is 0 Å². The number of hydrogen-bond donors (Lipinski definition) is 0. The maximum atomic E-state index is 10.7. The van der Waals surface area contributed by atoms with Gasteiger partial charge in [0.1, 0.15) is 6.29 Å². The van der Waals surface area contributed by atoms with Crippen LogP contribution in [-0.2, 0) is 12.8 Å². The molecule has 2 aromatic rings. The number of carbonyl (C=O) groups excluding carboxylic acids is 1. The maximum absolute atomic E-state index is 10.7. The second-order valence-corrected chi connectivity index (χ2v) is 5.26. The molecule has 0 radical (unpaired) electrons. The van der Waals surface area contributed by atoms with Crippen LogP contribution in [-0.4, -0.2) is 6.29 Å². The number of aldehydes is 1. The lowest BCUT2D eigenvalue weighted by Crippen LogP contribution is -1.89. The molecule has 0 spiro atoms. The van der Waals surface area contributed by atoms with Gasteiger partial charge < -0.3 is 0 Å². The van der Waals surface area contributed by atoms with Gasteiger partial charge in [0.25, 0.3) is 0 Å². The summed E-state index contributed by atoms with van der Waals surface area (Å²) in [7, 11) is 0. The van der Waals surface area contributed by atoms with Crippen molar-refractivity contribution in [2.75, 3.05) is 0 Å². The van der Waals surface area contributed by atoms with Crippen LogP contribution in [0.5, 0.6) is 0 Å². The predicted octanol–water partition coefficient (Wildman–Crippen LogP) is 4.84. The molecule has 0 N–H and O–H groups in total. The summed E-state index contributed by atoms with van der Waals surface area (Å²) in [5, 5.41) is 0. The number of rotatable bonds is 8. The van der Waals surface area contributed by atoms with Crippen LogP contribution in [0.1, 0.15) is 47.2 Å². The van der Waals surface area contributed by atoms with Gasteiger partial charge in [0.15, 0.2) is 0 Å². The first kappa shape index (κ1) is 14.5. The molecule has 0 aliphatic carbocycles. The highest BCUT2D eigenvalue weighted by Gasteiger charge is 1.97. The third-order valence-electron chi connectivity index (χ3n) is 3.61. The van der Waals surface area contributed by atoms with Crippen molar-refractivity contribution in [1.82, 2.24) is 0 Å². The molecule has 0 amide bonds. The van der Waals surface area contributed by atoms with E-state index in [0.29, 0.717) is 0 Å². The van der Waals surface area contributed by atoms with E-state index in [1.165, 1.54) is 43.2 Å². The van der Waals surface area contributed by atoms with Crippen LogP contribution in [0.3, 0.4) is 0 Å². The highest BCUT2D eigenvalue weighted by molar-refractivity contribution is 5.74. The second kappa shape index (κ2) is 8.31. The SMILES string of the molecule is O=Cc1cccc(CCCCCCc2ccccc2)c1. The molecule has 104 valence electrons. The zero-order valence-electron chi connectivity index (χ0n) is 11.9. The van der Waals surface area contributed by atoms with E-state index >= 15 is 0 Å². The second-order valence-electron chi connectivity index (χ2n) is 5.26. The van der Waals surface area contributed by atoms with E-state index in [9.17, 15) is 4.79 Å². The minimum atomic E-state index is 0.784. The molecule has 1 nitrogen and oxygen atoms in total. The van der Waals surface area contributed by atoms with Gasteiger partial charge in [0.05, 0.1) is 0 Å². The summed E-state index contributed by atoms with van der Waals surface area (Å²) in [6, 6.07) is 18.6. The first-order valence-corrected chi connectivity index (χ1v) is 7.46. The summed E-state index contributed by atoms with van der Waals surface area (Å²) in [4.78, 5) is 10.7. The third kappa shape index (κ3) is 5.00. The van der Waals surface area contributed by atoms with E-state index < -0.39 is 0 Å². The number of unbranched alkanes of at least 4 members (excludes halogenated alkanes) is 3. The summed E-state index contributed by atoms with van der Waals surface area (Å²) in [5.41, 5.74) is 3.50. The molecule has 0 saturated heterocycles. The van der Waals surface area contributed by atoms with Crippen LogP contribution in [0.2, 0.25) is 0 Å². The summed E-state index contributed by atoms with van der Waals surface area (Å²) in [6.45, 7) is 0. The van der Waals surface area contributed by atoms with E-state index in [2.05, 4.69) is 36.4 Å². The number of hydrogen-bond acceptors (Lipinski definition) is 1. The molecular formula is C19H22O. The molecule has 0 fully saturated rings. The molecule has 0 aliphatic heterocycles. The molecule has 0 heterocycles. The fraction of sp³-hybridized carbons (Fsp3) is 0.316. The quantitative estimate of drug-likeness (QED) is 0.493. The fourth-order valence-electron chi connectivity index (χ4n) is 2.48. The maximum Gasteiger partial charge on any atom is 0.150 e. The molecule has 1 heteroatoms. The van der Waals surface area contributed by atoms with Crippen molar-refractivity contribution < 1.29 is 4.79 Å². The van der Waals surface area contributed by atoms with Crippen LogP contribution in [0.4, 0.5) is 0 Å². The van der Waals surface area contributed by atoms with Gasteiger partial charge in [-0.1, -0.05) is 61.4 Å². The smallest absolute Gasteiger partial charge is 0.150 e. The Hall–Kier alpha value is -1.89. The van der Waals surface area contributed by atoms with Crippen LogP contribution in [0, 0.1) is 0 Å². The van der Waals surface area contributed by atoms with Crippen molar-refractivity contribution in [3.05, 3.63) is 71.3 Å². The Kier molecular flexibility index (Phi) is 6.04. The highest BCUT2D eigenvalue weighted by atomic mass is 16.1. The van der Waals surface area contributed by atoms with E-state index in [1.54, 1.807) is 0 Å². The van der Waals surface area contributed by atoms with Gasteiger partial charge in [-0.15, -0.1) is 0 Å². The van der Waals surface area contributed by atoms with Crippen molar-refractivity contribution in [2.45, 2.75) is 38.5 Å². The Morgan fingerprint density at radius 3 is 2.05 bits per heavy atom. The van der Waals surface area contributed by atoms with Crippen molar-refractivity contribution >= 4 is 6.29 Å². The molecule has 2 rings (SSSR count). The van der Waals surface area contributed by atoms with Crippen molar-refractivity contribution in [3.63, 3.8) is 0 Å². The average Bonchev–Trinajstić information content (AvgIpc) is 2.52. The fourth-order valence-corrected chi connectivity index (χ4v) is 2.48. The van der Waals surface area contributed by atoms with E-state index in [0.717, 1.165) is 18.3 Å². The van der Waals surface area contributed by atoms with Gasteiger partial charge in [-0.25, -0.2) is 0 Å². The molecule has 0 bridgehead atoms. The lowest BCUT2D eigenvalue weighted by atomic mass is 10.0. The monoisotopic (exact) mass is 266 g/mol. The minimum Gasteiger partial charge on any atom is -0.298 e. The van der Waals surface area contributed by atoms with Crippen LogP contribution in [0.25, 0.3) is 0 Å². The van der Waals surface area contributed by atoms with Gasteiger partial charge in [-0.2, -0.15) is 0 Å². The summed E-state index contributed by atoms with van der Waals surface area (Å²) in [5.74, 6) is 0. The van der Waals surface area contributed by atoms with Gasteiger partial charge in [0.2, 0.25) is 0 Å². The molecule has 0 atom stereocenters. The average molecular weight is 266 g/mol. The normalized spacial score (nSPS) is 10.4. The predicted molar refractivity (Wildman–Crippen MR) is 84.1 cm³/mol. The molecule has 2 aromatic carbocycles. The Morgan fingerprint density at radius 1 is 0.700 bits per heavy atom. The number of carbonyl (C=O) groups is 1. The molecule has 0 aliphatic rings. The van der Waals surface area contributed by atoms with Gasteiger partial charge in [-0.3, -0.25) is 4.79 Å². The van der Waals surface area contributed by atoms with Crippen molar-refractivity contribution in [2.24, 2.45) is 0 Å². The first-order valence-electron chi connectivity index (χ1n) is 7.46. The number of aryl methyl sites for hydroxylation is 2. The van der Waals surface area contributed by atoms with Gasteiger partial charge in [-0.05, 0) is 42.9 Å². The molecule has 0 saturated carbocycles. The Balaban J connectivity index is 1.60. The molecule has 0 aromatic heterocycles. The summed E-state index contributed by atoms with van der Waals surface area (Å²) < 4.78 is 0. The topological polar surface area (TPSA) is 17.1 Å². The largest absolute Gasteiger partial charge is 0.298 e. The lowest BCUT2D eigenvalue weighted by molar-refractivity contribution is 0.112. The zero-order valence-corrected chi connectivity index (χ0v) is 11.9. The lowest BCUT2D eigenvalue weighted by Gasteiger charge is -2.03. The molecule has 20 heavy (non-hydrogen) atoms. The zero-order chi connectivity index (χ0) is 14.0. The Labute approximate surface area is 121 Å². The number of benzene rings is 2. The van der Waals surface area contributed by atoms with Crippen molar-refractivity contribution in [3.8, 4) is 0 Å². The third-order valence-corrected chi connectivity index (χ3v) is 3.61. The van der Waals surface area contributed by atoms with Gasteiger partial charge in [0, 0.05) is 5.56 Å². The van der Waals surface area contributed by atoms with Crippen LogP contribution >= 0.6 is 0 Å².